The fourth-order valence-electron chi connectivity index (χ4n) is 1.47. The van der Waals surface area contributed by atoms with Crippen LogP contribution in [0.2, 0.25) is 0 Å². The first kappa shape index (κ1) is 10.2. The Kier molecular flexibility index (Phi) is 2.77. The van der Waals surface area contributed by atoms with E-state index in [1.165, 1.54) is 11.2 Å². The van der Waals surface area contributed by atoms with Gasteiger partial charge in [0.25, 0.3) is 0 Å². The van der Waals surface area contributed by atoms with Gasteiger partial charge >= 0.3 is 6.09 Å². The van der Waals surface area contributed by atoms with Crippen LogP contribution in [0.4, 0.5) is 4.79 Å². The van der Waals surface area contributed by atoms with Gasteiger partial charge in [-0.05, 0) is 0 Å². The summed E-state index contributed by atoms with van der Waals surface area (Å²) < 4.78 is 5.13. The minimum Gasteiger partial charge on any atom is -0.465 e. The predicted molar refractivity (Wildman–Crippen MR) is 56.8 cm³/mol. The highest BCUT2D eigenvalue weighted by Crippen LogP contribution is 2.22. The van der Waals surface area contributed by atoms with E-state index in [4.69, 9.17) is 9.52 Å². The molecule has 1 aliphatic heterocycles. The lowest BCUT2D eigenvalue weighted by Crippen LogP contribution is -2.38. The monoisotopic (exact) mass is 272 g/mol. The van der Waals surface area contributed by atoms with Crippen LogP contribution in [0.5, 0.6) is 0 Å². The first-order valence-electron chi connectivity index (χ1n) is 4.39. The number of hydrogen-bond acceptors (Lipinski definition) is 3. The molecule has 0 saturated heterocycles. The third-order valence-electron chi connectivity index (χ3n) is 2.12. The van der Waals surface area contributed by atoms with Crippen molar-refractivity contribution in [3.63, 3.8) is 0 Å². The topological polar surface area (TPSA) is 66.6 Å². The van der Waals surface area contributed by atoms with Crippen LogP contribution >= 0.6 is 15.9 Å². The maximum absolute atomic E-state index is 10.8. The van der Waals surface area contributed by atoms with E-state index in [-0.39, 0.29) is 4.83 Å². The second-order valence-electron chi connectivity index (χ2n) is 3.21. The molecule has 1 unspecified atom stereocenters. The van der Waals surface area contributed by atoms with Crippen molar-refractivity contribution in [1.82, 2.24) is 9.88 Å². The number of carbonyl (C=O) groups is 1. The van der Waals surface area contributed by atoms with Gasteiger partial charge in [0.2, 0.25) is 5.89 Å². The second kappa shape index (κ2) is 4.06. The van der Waals surface area contributed by atoms with Gasteiger partial charge < -0.3 is 14.4 Å². The highest BCUT2D eigenvalue weighted by molar-refractivity contribution is 9.09. The molecule has 6 heteroatoms. The Morgan fingerprint density at radius 3 is 3.13 bits per heavy atom. The summed E-state index contributed by atoms with van der Waals surface area (Å²) in [6.07, 6.45) is 4.00. The van der Waals surface area contributed by atoms with Crippen molar-refractivity contribution < 1.29 is 14.3 Å². The SMILES string of the molecule is O=C(O)N1CC(c2ncco2)=CC(Br)C1. The first-order chi connectivity index (χ1) is 7.16. The van der Waals surface area contributed by atoms with Crippen LogP contribution in [-0.2, 0) is 0 Å². The minimum atomic E-state index is -0.934. The summed E-state index contributed by atoms with van der Waals surface area (Å²) in [6.45, 7) is 0.761. The molecule has 0 aromatic carbocycles. The zero-order valence-corrected chi connectivity index (χ0v) is 9.35. The van der Waals surface area contributed by atoms with Crippen LogP contribution in [0, 0.1) is 0 Å². The molecule has 1 N–H and O–H groups in total. The summed E-state index contributed by atoms with van der Waals surface area (Å²) in [5.74, 6) is 0.477. The highest BCUT2D eigenvalue weighted by Gasteiger charge is 2.24. The molecule has 1 aromatic rings. The molecular formula is C9H9BrN2O3. The fraction of sp³-hybridized carbons (Fsp3) is 0.333. The van der Waals surface area contributed by atoms with E-state index in [9.17, 15) is 4.79 Å². The molecule has 5 nitrogen and oxygen atoms in total. The average molecular weight is 273 g/mol. The van der Waals surface area contributed by atoms with E-state index in [1.54, 1.807) is 6.20 Å². The van der Waals surface area contributed by atoms with Gasteiger partial charge in [0.1, 0.15) is 6.26 Å². The fourth-order valence-corrected chi connectivity index (χ4v) is 2.14. The first-order valence-corrected chi connectivity index (χ1v) is 5.31. The lowest BCUT2D eigenvalue weighted by atomic mass is 10.1. The normalized spacial score (nSPS) is 21.3. The Labute approximate surface area is 94.5 Å². The van der Waals surface area contributed by atoms with Crippen molar-refractivity contribution in [3.8, 4) is 0 Å². The second-order valence-corrected chi connectivity index (χ2v) is 4.38. The highest BCUT2D eigenvalue weighted by atomic mass is 79.9. The molecule has 1 atom stereocenters. The zero-order chi connectivity index (χ0) is 10.8. The average Bonchev–Trinajstić information content (AvgIpc) is 2.69. The van der Waals surface area contributed by atoms with Gasteiger partial charge in [0, 0.05) is 12.1 Å². The molecule has 0 saturated carbocycles. The third-order valence-corrected chi connectivity index (χ3v) is 2.67. The van der Waals surface area contributed by atoms with Crippen LogP contribution < -0.4 is 0 Å². The minimum absolute atomic E-state index is 0.00394. The smallest absolute Gasteiger partial charge is 0.407 e. The lowest BCUT2D eigenvalue weighted by molar-refractivity contribution is 0.151. The number of alkyl halides is 1. The third kappa shape index (κ3) is 2.20. The van der Waals surface area contributed by atoms with Crippen LogP contribution in [0.25, 0.3) is 5.57 Å². The van der Waals surface area contributed by atoms with E-state index in [0.29, 0.717) is 19.0 Å². The Hall–Kier alpha value is -1.30. The molecule has 2 heterocycles. The van der Waals surface area contributed by atoms with Gasteiger partial charge in [-0.3, -0.25) is 0 Å². The van der Waals surface area contributed by atoms with Crippen molar-refractivity contribution in [2.45, 2.75) is 4.83 Å². The molecule has 1 aliphatic rings. The quantitative estimate of drug-likeness (QED) is 0.792. The van der Waals surface area contributed by atoms with Crippen LogP contribution in [0.1, 0.15) is 5.89 Å². The van der Waals surface area contributed by atoms with Crippen molar-refractivity contribution in [2.24, 2.45) is 0 Å². The van der Waals surface area contributed by atoms with Crippen molar-refractivity contribution in [2.75, 3.05) is 13.1 Å². The van der Waals surface area contributed by atoms with Crippen molar-refractivity contribution in [1.29, 1.82) is 0 Å². The van der Waals surface area contributed by atoms with Crippen molar-refractivity contribution >= 4 is 27.6 Å². The number of carboxylic acid groups (broad SMARTS) is 1. The number of rotatable bonds is 1. The molecule has 0 bridgehead atoms. The largest absolute Gasteiger partial charge is 0.465 e. The molecule has 2 rings (SSSR count). The Morgan fingerprint density at radius 1 is 1.73 bits per heavy atom. The predicted octanol–water partition coefficient (Wildman–Crippen LogP) is 1.82. The van der Waals surface area contributed by atoms with E-state index in [1.807, 2.05) is 6.08 Å². The standard InChI is InChI=1S/C9H9BrN2O3/c10-7-3-6(8-11-1-2-15-8)4-12(5-7)9(13)14/h1-3,7H,4-5H2,(H,13,14). The Bertz CT molecular complexity index is 388. The van der Waals surface area contributed by atoms with E-state index in [2.05, 4.69) is 20.9 Å². The zero-order valence-electron chi connectivity index (χ0n) is 7.76. The molecule has 0 aliphatic carbocycles. The molecule has 80 valence electrons. The van der Waals surface area contributed by atoms with E-state index >= 15 is 0 Å². The summed E-state index contributed by atoms with van der Waals surface area (Å²) in [5, 5.41) is 8.90. The van der Waals surface area contributed by atoms with Gasteiger partial charge in [-0.1, -0.05) is 22.0 Å². The van der Waals surface area contributed by atoms with Gasteiger partial charge in [0.05, 0.1) is 17.6 Å². The van der Waals surface area contributed by atoms with Gasteiger partial charge in [-0.2, -0.15) is 0 Å². The molecule has 0 radical (unpaired) electrons. The summed E-state index contributed by atoms with van der Waals surface area (Å²) in [5.41, 5.74) is 0.788. The number of aromatic nitrogens is 1. The summed E-state index contributed by atoms with van der Waals surface area (Å²) >= 11 is 3.37. The summed E-state index contributed by atoms with van der Waals surface area (Å²) in [4.78, 5) is 16.2. The maximum atomic E-state index is 10.8. The number of nitrogens with zero attached hydrogens (tertiary/aromatic N) is 2. The van der Waals surface area contributed by atoms with Gasteiger partial charge in [0.15, 0.2) is 0 Å². The lowest BCUT2D eigenvalue weighted by Gasteiger charge is -2.26. The number of oxazole rings is 1. The molecule has 0 fully saturated rings. The Balaban J connectivity index is 2.22. The number of amides is 1. The molecular weight excluding hydrogens is 264 g/mol. The summed E-state index contributed by atoms with van der Waals surface area (Å²) in [7, 11) is 0. The van der Waals surface area contributed by atoms with Gasteiger partial charge in [-0.15, -0.1) is 0 Å². The Morgan fingerprint density at radius 2 is 2.53 bits per heavy atom. The number of halogens is 1. The number of hydrogen-bond donors (Lipinski definition) is 1. The maximum Gasteiger partial charge on any atom is 0.407 e. The molecule has 0 spiro atoms. The van der Waals surface area contributed by atoms with Crippen molar-refractivity contribution in [3.05, 3.63) is 24.4 Å². The van der Waals surface area contributed by atoms with Crippen LogP contribution in [-0.4, -0.2) is 39.0 Å². The van der Waals surface area contributed by atoms with Crippen LogP contribution in [0.15, 0.2) is 23.0 Å². The van der Waals surface area contributed by atoms with E-state index in [0.717, 1.165) is 5.57 Å². The van der Waals surface area contributed by atoms with Gasteiger partial charge in [-0.25, -0.2) is 9.78 Å². The van der Waals surface area contributed by atoms with E-state index < -0.39 is 6.09 Å². The summed E-state index contributed by atoms with van der Waals surface area (Å²) in [6, 6.07) is 0. The molecule has 1 aromatic heterocycles. The van der Waals surface area contributed by atoms with Crippen LogP contribution in [0.3, 0.4) is 0 Å². The molecule has 15 heavy (non-hydrogen) atoms. The molecule has 1 amide bonds.